The zero-order chi connectivity index (χ0) is 19.8. The molecule has 2 N–H and O–H groups in total. The fourth-order valence-corrected chi connectivity index (χ4v) is 3.31. The predicted octanol–water partition coefficient (Wildman–Crippen LogP) is 2.57. The summed E-state index contributed by atoms with van der Waals surface area (Å²) in [5, 5.41) is 2.15. The third-order valence-electron chi connectivity index (χ3n) is 3.85. The largest absolute Gasteiger partial charge is 0.322 e. The third-order valence-corrected chi connectivity index (χ3v) is 5.20. The molecule has 0 aromatic heterocycles. The first-order chi connectivity index (χ1) is 12.7. The molecule has 2 amide bonds. The maximum atomic E-state index is 14.0. The van der Waals surface area contributed by atoms with Crippen LogP contribution < -0.4 is 10.0 Å². The average molecular weight is 398 g/mol. The zero-order valence-electron chi connectivity index (χ0n) is 13.6. The van der Waals surface area contributed by atoms with Gasteiger partial charge >= 0.3 is 0 Å². The van der Waals surface area contributed by atoms with E-state index in [1.54, 1.807) is 0 Å². The first-order valence-corrected chi connectivity index (χ1v) is 9.28. The zero-order valence-corrected chi connectivity index (χ0v) is 14.4. The monoisotopic (exact) mass is 398 g/mol. The van der Waals surface area contributed by atoms with Crippen molar-refractivity contribution in [3.8, 4) is 0 Å². The number of hydrogen-bond donors (Lipinski definition) is 2. The molecule has 1 aliphatic rings. The number of carbonyl (C=O) groups excluding carboxylic acids is 2. The number of benzene rings is 2. The third kappa shape index (κ3) is 4.27. The molecule has 0 bridgehead atoms. The van der Waals surface area contributed by atoms with E-state index in [1.807, 2.05) is 4.72 Å². The first kappa shape index (κ1) is 18.9. The van der Waals surface area contributed by atoms with Gasteiger partial charge in [-0.25, -0.2) is 26.3 Å². The topological polar surface area (TPSA) is 92.3 Å². The number of hydrogen-bond acceptors (Lipinski definition) is 4. The molecule has 2 aromatic carbocycles. The van der Waals surface area contributed by atoms with Crippen LogP contribution in [-0.4, -0.2) is 20.2 Å². The molecule has 0 unspecified atom stereocenters. The van der Waals surface area contributed by atoms with Gasteiger partial charge in [-0.3, -0.25) is 9.59 Å². The van der Waals surface area contributed by atoms with Crippen molar-refractivity contribution in [2.24, 2.45) is 5.92 Å². The van der Waals surface area contributed by atoms with E-state index in [9.17, 15) is 31.2 Å². The van der Waals surface area contributed by atoms with Gasteiger partial charge in [0.1, 0.15) is 5.82 Å². The van der Waals surface area contributed by atoms with Gasteiger partial charge in [0.25, 0.3) is 15.9 Å². The Bertz CT molecular complexity index is 1040. The van der Waals surface area contributed by atoms with Crippen molar-refractivity contribution in [3.05, 3.63) is 59.4 Å². The van der Waals surface area contributed by atoms with E-state index in [4.69, 9.17) is 0 Å². The lowest BCUT2D eigenvalue weighted by Crippen LogP contribution is -2.32. The lowest BCUT2D eigenvalue weighted by atomic mass is 10.2. The number of amides is 2. The van der Waals surface area contributed by atoms with Gasteiger partial charge in [-0.1, -0.05) is 0 Å². The molecular weight excluding hydrogens is 385 g/mol. The maximum absolute atomic E-state index is 14.0. The van der Waals surface area contributed by atoms with Crippen LogP contribution >= 0.6 is 0 Å². The molecule has 0 saturated heterocycles. The van der Waals surface area contributed by atoms with Crippen LogP contribution in [-0.2, 0) is 14.8 Å². The number of halogens is 3. The van der Waals surface area contributed by atoms with Crippen LogP contribution in [0.2, 0.25) is 0 Å². The summed E-state index contributed by atoms with van der Waals surface area (Å²) in [6.07, 6.45) is 1.18. The Morgan fingerprint density at radius 1 is 0.926 bits per heavy atom. The van der Waals surface area contributed by atoms with E-state index in [0.717, 1.165) is 30.3 Å². The van der Waals surface area contributed by atoms with Gasteiger partial charge in [0.05, 0.1) is 10.5 Å². The highest BCUT2D eigenvalue weighted by molar-refractivity contribution is 7.90. The van der Waals surface area contributed by atoms with Crippen LogP contribution in [0, 0.1) is 23.4 Å². The minimum Gasteiger partial charge on any atom is -0.322 e. The standard InChI is InChI=1S/C17H13F3N2O4S/c18-13-6-4-11(27(25,26)22-16(23)9-1-2-9)8-12(13)17(24)21-10-3-5-14(19)15(20)7-10/h3-9H,1-2H2,(H,21,24)(H,22,23). The SMILES string of the molecule is O=C(Nc1ccc(F)c(F)c1)c1cc(S(=O)(=O)NC(=O)C2CC2)ccc1F. The number of anilines is 1. The van der Waals surface area contributed by atoms with E-state index in [2.05, 4.69) is 5.32 Å². The molecule has 27 heavy (non-hydrogen) atoms. The second-order valence-electron chi connectivity index (χ2n) is 5.97. The molecule has 10 heteroatoms. The molecule has 142 valence electrons. The van der Waals surface area contributed by atoms with E-state index >= 15 is 0 Å². The molecule has 1 fully saturated rings. The molecule has 3 rings (SSSR count). The van der Waals surface area contributed by atoms with Crippen molar-refractivity contribution < 1.29 is 31.2 Å². The number of sulfonamides is 1. The van der Waals surface area contributed by atoms with E-state index in [-0.39, 0.29) is 11.6 Å². The molecule has 0 atom stereocenters. The van der Waals surface area contributed by atoms with Crippen molar-refractivity contribution in [1.82, 2.24) is 4.72 Å². The smallest absolute Gasteiger partial charge is 0.264 e. The Morgan fingerprint density at radius 2 is 1.59 bits per heavy atom. The van der Waals surface area contributed by atoms with Gasteiger partial charge < -0.3 is 5.32 Å². The van der Waals surface area contributed by atoms with E-state index < -0.39 is 49.7 Å². The summed E-state index contributed by atoms with van der Waals surface area (Å²) >= 11 is 0. The van der Waals surface area contributed by atoms with Crippen molar-refractivity contribution >= 4 is 27.5 Å². The van der Waals surface area contributed by atoms with Gasteiger partial charge in [-0.2, -0.15) is 0 Å². The van der Waals surface area contributed by atoms with Gasteiger partial charge in [0.15, 0.2) is 11.6 Å². The Balaban J connectivity index is 1.84. The maximum Gasteiger partial charge on any atom is 0.264 e. The Hall–Kier alpha value is -2.88. The molecule has 2 aromatic rings. The fraction of sp³-hybridized carbons (Fsp3) is 0.176. The van der Waals surface area contributed by atoms with E-state index in [0.29, 0.717) is 18.9 Å². The van der Waals surface area contributed by atoms with Crippen LogP contribution in [0.15, 0.2) is 41.3 Å². The number of nitrogens with one attached hydrogen (secondary N) is 2. The first-order valence-electron chi connectivity index (χ1n) is 7.80. The Morgan fingerprint density at radius 3 is 2.22 bits per heavy atom. The van der Waals surface area contributed by atoms with Crippen LogP contribution in [0.25, 0.3) is 0 Å². The molecule has 1 aliphatic carbocycles. The fourth-order valence-electron chi connectivity index (χ4n) is 2.24. The summed E-state index contributed by atoms with van der Waals surface area (Å²) < 4.78 is 66.4. The second-order valence-corrected chi connectivity index (χ2v) is 7.65. The van der Waals surface area contributed by atoms with Gasteiger partial charge in [0, 0.05) is 17.7 Å². The van der Waals surface area contributed by atoms with Gasteiger partial charge in [-0.05, 0) is 43.2 Å². The molecule has 6 nitrogen and oxygen atoms in total. The predicted molar refractivity (Wildman–Crippen MR) is 88.8 cm³/mol. The number of rotatable bonds is 5. The molecule has 1 saturated carbocycles. The molecule has 0 radical (unpaired) electrons. The van der Waals surface area contributed by atoms with Gasteiger partial charge in [0.2, 0.25) is 5.91 Å². The molecular formula is C17H13F3N2O4S. The van der Waals surface area contributed by atoms with Crippen molar-refractivity contribution in [3.63, 3.8) is 0 Å². The lowest BCUT2D eigenvalue weighted by Gasteiger charge is -2.10. The number of carbonyl (C=O) groups is 2. The van der Waals surface area contributed by atoms with Crippen LogP contribution in [0.4, 0.5) is 18.9 Å². The minimum atomic E-state index is -4.28. The molecule has 0 spiro atoms. The summed E-state index contributed by atoms with van der Waals surface area (Å²) in [6, 6.07) is 4.96. The van der Waals surface area contributed by atoms with Crippen LogP contribution in [0.5, 0.6) is 0 Å². The lowest BCUT2D eigenvalue weighted by molar-refractivity contribution is -0.120. The highest BCUT2D eigenvalue weighted by atomic mass is 32.2. The summed E-state index contributed by atoms with van der Waals surface area (Å²) in [5.74, 6) is -5.46. The van der Waals surface area contributed by atoms with Crippen molar-refractivity contribution in [2.75, 3.05) is 5.32 Å². The normalized spacial score (nSPS) is 13.9. The molecule has 0 heterocycles. The highest BCUT2D eigenvalue weighted by Crippen LogP contribution is 2.29. The quantitative estimate of drug-likeness (QED) is 0.810. The van der Waals surface area contributed by atoms with E-state index in [1.165, 1.54) is 0 Å². The minimum absolute atomic E-state index is 0.145. The van der Waals surface area contributed by atoms with Crippen molar-refractivity contribution in [2.45, 2.75) is 17.7 Å². The van der Waals surface area contributed by atoms with Crippen molar-refractivity contribution in [1.29, 1.82) is 0 Å². The Labute approximate surface area is 152 Å². The molecule has 0 aliphatic heterocycles. The summed E-state index contributed by atoms with van der Waals surface area (Å²) in [4.78, 5) is 23.4. The Kier molecular flexibility index (Phi) is 4.92. The summed E-state index contributed by atoms with van der Waals surface area (Å²) in [5.41, 5.74) is -0.782. The average Bonchev–Trinajstić information content (AvgIpc) is 3.43. The summed E-state index contributed by atoms with van der Waals surface area (Å²) in [7, 11) is -4.28. The highest BCUT2D eigenvalue weighted by Gasteiger charge is 2.33. The van der Waals surface area contributed by atoms with Crippen LogP contribution in [0.1, 0.15) is 23.2 Å². The van der Waals surface area contributed by atoms with Gasteiger partial charge in [-0.15, -0.1) is 0 Å². The summed E-state index contributed by atoms with van der Waals surface area (Å²) in [6.45, 7) is 0. The van der Waals surface area contributed by atoms with Crippen LogP contribution in [0.3, 0.4) is 0 Å². The second kappa shape index (κ2) is 7.03.